The highest BCUT2D eigenvalue weighted by molar-refractivity contribution is 6.03. The normalized spacial score (nSPS) is 13.6. The summed E-state index contributed by atoms with van der Waals surface area (Å²) in [5.41, 5.74) is 10.1. The molecular formula is C25H29N3O3. The van der Waals surface area contributed by atoms with Gasteiger partial charge in [0.1, 0.15) is 5.84 Å². The van der Waals surface area contributed by atoms with Gasteiger partial charge in [0, 0.05) is 28.7 Å². The van der Waals surface area contributed by atoms with Crippen LogP contribution in [-0.2, 0) is 9.53 Å². The molecule has 0 unspecified atom stereocenters. The molecule has 0 aliphatic carbocycles. The molecule has 6 nitrogen and oxygen atoms in total. The van der Waals surface area contributed by atoms with Crippen LogP contribution >= 0.6 is 0 Å². The molecule has 2 aromatic rings. The molecule has 1 amide bonds. The Morgan fingerprint density at radius 1 is 1.10 bits per heavy atom. The second-order valence-corrected chi connectivity index (χ2v) is 8.96. The summed E-state index contributed by atoms with van der Waals surface area (Å²) < 4.78 is 5.32. The van der Waals surface area contributed by atoms with E-state index in [0.717, 1.165) is 16.7 Å². The minimum Gasteiger partial charge on any atom is -0.460 e. The van der Waals surface area contributed by atoms with E-state index in [1.54, 1.807) is 12.1 Å². The lowest BCUT2D eigenvalue weighted by atomic mass is 9.99. The number of hydrogen-bond acceptors (Lipinski definition) is 5. The third-order valence-electron chi connectivity index (χ3n) is 4.55. The largest absolute Gasteiger partial charge is 0.460 e. The molecule has 0 saturated carbocycles. The van der Waals surface area contributed by atoms with Crippen LogP contribution in [0.3, 0.4) is 0 Å². The lowest BCUT2D eigenvalue weighted by Gasteiger charge is -2.20. The first-order valence-corrected chi connectivity index (χ1v) is 10.3. The average molecular weight is 420 g/mol. The maximum absolute atomic E-state index is 12.5. The van der Waals surface area contributed by atoms with Crippen LogP contribution < -0.4 is 11.1 Å². The molecule has 31 heavy (non-hydrogen) atoms. The summed E-state index contributed by atoms with van der Waals surface area (Å²) in [6, 6.07) is 13.2. The third kappa shape index (κ3) is 5.81. The number of carbonyl (C=O) groups excluding carboxylic acids is 2. The van der Waals surface area contributed by atoms with E-state index in [-0.39, 0.29) is 29.9 Å². The van der Waals surface area contributed by atoms with Gasteiger partial charge in [-0.2, -0.15) is 0 Å². The molecule has 3 N–H and O–H groups in total. The van der Waals surface area contributed by atoms with Crippen LogP contribution in [0, 0.1) is 0 Å². The molecule has 0 spiro atoms. The number of esters is 1. The van der Waals surface area contributed by atoms with Crippen molar-refractivity contribution in [2.45, 2.75) is 52.7 Å². The molecule has 162 valence electrons. The van der Waals surface area contributed by atoms with Crippen LogP contribution in [0.1, 0.15) is 57.0 Å². The number of nitrogens with two attached hydrogens (primary N) is 1. The van der Waals surface area contributed by atoms with Crippen molar-refractivity contribution in [2.75, 3.05) is 0 Å². The Morgan fingerprint density at radius 2 is 1.81 bits per heavy atom. The van der Waals surface area contributed by atoms with Gasteiger partial charge in [-0.1, -0.05) is 24.3 Å². The Bertz CT molecular complexity index is 1080. The predicted molar refractivity (Wildman–Crippen MR) is 124 cm³/mol. The van der Waals surface area contributed by atoms with E-state index in [2.05, 4.69) is 10.3 Å². The van der Waals surface area contributed by atoms with Crippen LogP contribution in [-0.4, -0.2) is 29.4 Å². The molecule has 2 aromatic carbocycles. The van der Waals surface area contributed by atoms with Gasteiger partial charge >= 0.3 is 5.97 Å². The van der Waals surface area contributed by atoms with Crippen LogP contribution in [0.25, 0.3) is 17.2 Å². The minimum absolute atomic E-state index is 0.123. The Kier molecular flexibility index (Phi) is 6.29. The topological polar surface area (TPSA) is 93.8 Å². The number of amides is 1. The number of fused-ring (bicyclic) bond motifs is 1. The summed E-state index contributed by atoms with van der Waals surface area (Å²) in [4.78, 5) is 29.4. The molecule has 3 rings (SSSR count). The summed E-state index contributed by atoms with van der Waals surface area (Å²) in [7, 11) is 0. The monoisotopic (exact) mass is 419 g/mol. The molecule has 0 fully saturated rings. The molecule has 6 heteroatoms. The second kappa shape index (κ2) is 8.76. The summed E-state index contributed by atoms with van der Waals surface area (Å²) >= 11 is 0. The van der Waals surface area contributed by atoms with E-state index in [1.165, 1.54) is 0 Å². The average Bonchev–Trinajstić information content (AvgIpc) is 2.83. The summed E-state index contributed by atoms with van der Waals surface area (Å²) in [6.45, 7) is 9.46. The smallest absolute Gasteiger partial charge is 0.334 e. The first kappa shape index (κ1) is 22.3. The zero-order chi connectivity index (χ0) is 22.8. The van der Waals surface area contributed by atoms with Crippen molar-refractivity contribution in [2.24, 2.45) is 10.7 Å². The zero-order valence-electron chi connectivity index (χ0n) is 18.7. The first-order valence-electron chi connectivity index (χ1n) is 10.3. The number of amidine groups is 1. The van der Waals surface area contributed by atoms with Crippen molar-refractivity contribution >= 4 is 29.5 Å². The number of carbonyl (C=O) groups is 2. The Labute approximate surface area is 183 Å². The minimum atomic E-state index is -0.386. The molecule has 0 saturated heterocycles. The highest BCUT2D eigenvalue weighted by atomic mass is 16.5. The van der Waals surface area contributed by atoms with Crippen molar-refractivity contribution in [3.63, 3.8) is 0 Å². The molecule has 0 atom stereocenters. The van der Waals surface area contributed by atoms with Gasteiger partial charge < -0.3 is 15.8 Å². The fourth-order valence-electron chi connectivity index (χ4n) is 3.24. The van der Waals surface area contributed by atoms with Gasteiger partial charge in [-0.25, -0.2) is 9.79 Å². The molecule has 1 aliphatic heterocycles. The van der Waals surface area contributed by atoms with E-state index >= 15 is 0 Å². The van der Waals surface area contributed by atoms with Gasteiger partial charge in [0.05, 0.1) is 11.8 Å². The van der Waals surface area contributed by atoms with E-state index in [1.807, 2.05) is 71.0 Å². The van der Waals surface area contributed by atoms with Gasteiger partial charge in [0.2, 0.25) is 0 Å². The van der Waals surface area contributed by atoms with E-state index in [4.69, 9.17) is 10.5 Å². The fraction of sp³-hybridized carbons (Fsp3) is 0.320. The zero-order valence-corrected chi connectivity index (χ0v) is 18.7. The van der Waals surface area contributed by atoms with Crippen LogP contribution in [0.4, 0.5) is 5.69 Å². The Balaban J connectivity index is 1.95. The maximum atomic E-state index is 12.5. The number of rotatable bonds is 4. The standard InChI is InChI=1S/C25H29N3O3/c1-15(2)31-24(30)20-12-18-10-9-17(13-21(18)27-22(26)14-20)16-7-6-8-19(11-16)23(29)28-25(3,4)5/h6-13,15H,14H2,1-5H3,(H2,26,27)(H,28,29). The molecular weight excluding hydrogens is 390 g/mol. The molecule has 0 radical (unpaired) electrons. The summed E-state index contributed by atoms with van der Waals surface area (Å²) in [6.07, 6.45) is 1.80. The molecule has 0 bridgehead atoms. The SMILES string of the molecule is CC(C)OC(=O)C1=Cc2ccc(-c3cccc(C(=O)NC(C)(C)C)c3)cc2N=C(N)C1. The second-order valence-electron chi connectivity index (χ2n) is 8.96. The van der Waals surface area contributed by atoms with Gasteiger partial charge in [-0.3, -0.25) is 4.79 Å². The predicted octanol–water partition coefficient (Wildman–Crippen LogP) is 4.61. The highest BCUT2D eigenvalue weighted by Gasteiger charge is 2.19. The van der Waals surface area contributed by atoms with E-state index in [0.29, 0.717) is 22.7 Å². The first-order chi connectivity index (χ1) is 14.5. The van der Waals surface area contributed by atoms with Gasteiger partial charge in [-0.05, 0) is 70.0 Å². The van der Waals surface area contributed by atoms with E-state index in [9.17, 15) is 9.59 Å². The van der Waals surface area contributed by atoms with Gasteiger partial charge in [-0.15, -0.1) is 0 Å². The number of hydrogen-bond donors (Lipinski definition) is 2. The summed E-state index contributed by atoms with van der Waals surface area (Å²) in [5, 5.41) is 2.98. The number of nitrogens with one attached hydrogen (secondary N) is 1. The third-order valence-corrected chi connectivity index (χ3v) is 4.55. The lowest BCUT2D eigenvalue weighted by molar-refractivity contribution is -0.142. The number of benzene rings is 2. The Hall–Kier alpha value is -3.41. The summed E-state index contributed by atoms with van der Waals surface area (Å²) in [5.74, 6) is -0.161. The van der Waals surface area contributed by atoms with Gasteiger partial charge in [0.15, 0.2) is 0 Å². The number of nitrogens with zero attached hydrogens (tertiary/aromatic N) is 1. The van der Waals surface area contributed by atoms with Crippen LogP contribution in [0.2, 0.25) is 0 Å². The van der Waals surface area contributed by atoms with Crippen molar-refractivity contribution in [1.82, 2.24) is 5.32 Å². The number of aliphatic imine (C=N–C) groups is 1. The van der Waals surface area contributed by atoms with Crippen LogP contribution in [0.5, 0.6) is 0 Å². The Morgan fingerprint density at radius 3 is 2.48 bits per heavy atom. The molecule has 1 heterocycles. The number of ether oxygens (including phenoxy) is 1. The van der Waals surface area contributed by atoms with Crippen LogP contribution in [0.15, 0.2) is 53.0 Å². The molecule has 0 aromatic heterocycles. The maximum Gasteiger partial charge on any atom is 0.334 e. The van der Waals surface area contributed by atoms with Crippen molar-refractivity contribution < 1.29 is 14.3 Å². The van der Waals surface area contributed by atoms with E-state index < -0.39 is 0 Å². The highest BCUT2D eigenvalue weighted by Crippen LogP contribution is 2.32. The van der Waals surface area contributed by atoms with Gasteiger partial charge in [0.25, 0.3) is 5.91 Å². The molecule has 1 aliphatic rings. The fourth-order valence-corrected chi connectivity index (χ4v) is 3.24. The lowest BCUT2D eigenvalue weighted by Crippen LogP contribution is -2.40. The van der Waals surface area contributed by atoms with Crippen molar-refractivity contribution in [3.05, 3.63) is 59.2 Å². The van der Waals surface area contributed by atoms with Crippen molar-refractivity contribution in [3.8, 4) is 11.1 Å². The van der Waals surface area contributed by atoms with Crippen molar-refractivity contribution in [1.29, 1.82) is 0 Å². The quantitative estimate of drug-likeness (QED) is 0.708.